The fourth-order valence-electron chi connectivity index (χ4n) is 1.38. The Morgan fingerprint density at radius 3 is 1.08 bits per heavy atom. The van der Waals surface area contributed by atoms with E-state index in [1.165, 1.54) is 14.2 Å². The second-order valence-electron chi connectivity index (χ2n) is 4.33. The summed E-state index contributed by atoms with van der Waals surface area (Å²) >= 11 is 0. The number of methoxy groups -OCH3 is 2. The van der Waals surface area contributed by atoms with Gasteiger partial charge in [-0.25, -0.2) is 19.2 Å². The molecule has 2 rings (SSSR count). The summed E-state index contributed by atoms with van der Waals surface area (Å²) in [5.74, 6) is -4.23. The van der Waals surface area contributed by atoms with Gasteiger partial charge in [-0.15, -0.1) is 0 Å². The van der Waals surface area contributed by atoms with Crippen LogP contribution in [-0.4, -0.2) is 48.3 Å². The summed E-state index contributed by atoms with van der Waals surface area (Å²) in [5, 5.41) is 14.8. The second kappa shape index (κ2) is 12.7. The molecule has 0 saturated heterocycles. The molecular weight excluding hydrogens is 344 g/mol. The van der Waals surface area contributed by atoms with Gasteiger partial charge in [0, 0.05) is 0 Å². The number of rotatable bonds is 2. The molecule has 0 aliphatic carbocycles. The van der Waals surface area contributed by atoms with E-state index in [4.69, 9.17) is 19.8 Å². The first kappa shape index (κ1) is 22.3. The lowest BCUT2D eigenvalue weighted by atomic mass is 10.2. The van der Waals surface area contributed by atoms with E-state index >= 15 is 0 Å². The molecule has 8 heteroatoms. The number of carbonyl (C=O) groups excluding carboxylic acids is 2. The molecule has 0 radical (unpaired) electrons. The van der Waals surface area contributed by atoms with Gasteiger partial charge in [0.25, 0.3) is 0 Å². The maximum atomic E-state index is 10.8. The Morgan fingerprint density at radius 2 is 0.885 bits per heavy atom. The van der Waals surface area contributed by atoms with Gasteiger partial charge >= 0.3 is 23.9 Å². The number of carboxylic acid groups (broad SMARTS) is 2. The molecule has 0 fully saturated rings. The smallest absolute Gasteiger partial charge is 0.414 e. The van der Waals surface area contributed by atoms with Crippen LogP contribution in [0.1, 0.15) is 20.7 Å². The van der Waals surface area contributed by atoms with Crippen molar-refractivity contribution in [2.75, 3.05) is 14.2 Å². The van der Waals surface area contributed by atoms with Crippen LogP contribution in [0.2, 0.25) is 0 Å². The van der Waals surface area contributed by atoms with Gasteiger partial charge in [-0.1, -0.05) is 36.4 Å². The number of hydrogen-bond donors (Lipinski definition) is 2. The minimum absolute atomic E-state index is 0.291. The molecule has 2 aromatic carbocycles. The summed E-state index contributed by atoms with van der Waals surface area (Å²) in [6, 6.07) is 17.8. The normalized spacial score (nSPS) is 8.54. The first-order valence-corrected chi connectivity index (χ1v) is 7.06. The van der Waals surface area contributed by atoms with E-state index in [1.807, 2.05) is 12.1 Å². The number of hydrogen-bond acceptors (Lipinski definition) is 6. The maximum absolute atomic E-state index is 10.8. The first-order valence-electron chi connectivity index (χ1n) is 7.06. The SMILES string of the molecule is COC(=O)c1ccccc1.COC(=O)c1ccccc1.O=C(O)C(=O)O. The highest BCUT2D eigenvalue weighted by Gasteiger charge is 2.04. The van der Waals surface area contributed by atoms with Gasteiger partial charge < -0.3 is 19.7 Å². The molecule has 0 saturated carbocycles. The van der Waals surface area contributed by atoms with Crippen molar-refractivity contribution >= 4 is 23.9 Å². The van der Waals surface area contributed by atoms with E-state index in [0.717, 1.165) is 0 Å². The maximum Gasteiger partial charge on any atom is 0.414 e. The van der Waals surface area contributed by atoms with Crippen LogP contribution in [0.25, 0.3) is 0 Å². The van der Waals surface area contributed by atoms with Crippen LogP contribution in [-0.2, 0) is 19.1 Å². The molecule has 0 aliphatic rings. The Morgan fingerprint density at radius 1 is 0.615 bits per heavy atom. The molecular formula is C18H18O8. The highest BCUT2D eigenvalue weighted by molar-refractivity contribution is 6.27. The predicted octanol–water partition coefficient (Wildman–Crippen LogP) is 2.10. The molecule has 0 aliphatic heterocycles. The fourth-order valence-corrected chi connectivity index (χ4v) is 1.38. The Balaban J connectivity index is 0.000000375. The minimum Gasteiger partial charge on any atom is -0.473 e. The van der Waals surface area contributed by atoms with Crippen molar-refractivity contribution < 1.29 is 38.9 Å². The van der Waals surface area contributed by atoms with Crippen molar-refractivity contribution in [2.24, 2.45) is 0 Å². The quantitative estimate of drug-likeness (QED) is 0.614. The summed E-state index contributed by atoms with van der Waals surface area (Å²) in [4.78, 5) is 39.8. The molecule has 0 atom stereocenters. The van der Waals surface area contributed by atoms with E-state index < -0.39 is 11.9 Å². The lowest BCUT2D eigenvalue weighted by Gasteiger charge is -1.95. The zero-order chi connectivity index (χ0) is 19.9. The van der Waals surface area contributed by atoms with Crippen molar-refractivity contribution in [2.45, 2.75) is 0 Å². The molecule has 0 spiro atoms. The second-order valence-corrected chi connectivity index (χ2v) is 4.33. The molecule has 8 nitrogen and oxygen atoms in total. The summed E-state index contributed by atoms with van der Waals surface area (Å²) in [5.41, 5.74) is 1.18. The third-order valence-corrected chi connectivity index (χ3v) is 2.57. The van der Waals surface area contributed by atoms with Crippen LogP contribution in [0.5, 0.6) is 0 Å². The fraction of sp³-hybridized carbons (Fsp3) is 0.111. The number of carboxylic acids is 2. The van der Waals surface area contributed by atoms with Crippen LogP contribution in [0.4, 0.5) is 0 Å². The van der Waals surface area contributed by atoms with Crippen molar-refractivity contribution in [3.05, 3.63) is 71.8 Å². The topological polar surface area (TPSA) is 127 Å². The van der Waals surface area contributed by atoms with Gasteiger partial charge in [-0.2, -0.15) is 0 Å². The third kappa shape index (κ3) is 9.46. The van der Waals surface area contributed by atoms with Crippen molar-refractivity contribution in [3.8, 4) is 0 Å². The lowest BCUT2D eigenvalue weighted by Crippen LogP contribution is -2.09. The van der Waals surface area contributed by atoms with Gasteiger partial charge in [0.05, 0.1) is 25.3 Å². The average molecular weight is 362 g/mol. The number of benzene rings is 2. The van der Waals surface area contributed by atoms with E-state index in [2.05, 4.69) is 9.47 Å². The van der Waals surface area contributed by atoms with E-state index in [9.17, 15) is 9.59 Å². The van der Waals surface area contributed by atoms with Crippen LogP contribution in [0, 0.1) is 0 Å². The molecule has 2 aromatic rings. The Labute approximate surface area is 149 Å². The van der Waals surface area contributed by atoms with Crippen LogP contribution < -0.4 is 0 Å². The van der Waals surface area contributed by atoms with Crippen molar-refractivity contribution in [3.63, 3.8) is 0 Å². The summed E-state index contributed by atoms with van der Waals surface area (Å²) < 4.78 is 8.99. The van der Waals surface area contributed by atoms with E-state index in [0.29, 0.717) is 11.1 Å². The van der Waals surface area contributed by atoms with E-state index in [1.54, 1.807) is 48.5 Å². The zero-order valence-electron chi connectivity index (χ0n) is 14.1. The lowest BCUT2D eigenvalue weighted by molar-refractivity contribution is -0.159. The number of ether oxygens (including phenoxy) is 2. The van der Waals surface area contributed by atoms with E-state index in [-0.39, 0.29) is 11.9 Å². The summed E-state index contributed by atoms with van der Waals surface area (Å²) in [6.07, 6.45) is 0. The summed E-state index contributed by atoms with van der Waals surface area (Å²) in [7, 11) is 2.74. The molecule has 0 unspecified atom stereocenters. The first-order chi connectivity index (χ1) is 12.3. The summed E-state index contributed by atoms with van der Waals surface area (Å²) in [6.45, 7) is 0. The highest BCUT2D eigenvalue weighted by Crippen LogP contribution is 1.99. The monoisotopic (exact) mass is 362 g/mol. The van der Waals surface area contributed by atoms with Gasteiger partial charge in [0.15, 0.2) is 0 Å². The van der Waals surface area contributed by atoms with Gasteiger partial charge in [0.2, 0.25) is 0 Å². The molecule has 2 N–H and O–H groups in total. The average Bonchev–Trinajstić information content (AvgIpc) is 2.69. The van der Waals surface area contributed by atoms with Crippen LogP contribution >= 0.6 is 0 Å². The molecule has 0 aromatic heterocycles. The molecule has 26 heavy (non-hydrogen) atoms. The molecule has 0 heterocycles. The standard InChI is InChI=1S/2C8H8O2.C2H2O4/c2*1-10-8(9)7-5-3-2-4-6-7;3-1(4)2(5)6/h2*2-6H,1H3;(H,3,4)(H,5,6). The van der Waals surface area contributed by atoms with Crippen molar-refractivity contribution in [1.82, 2.24) is 0 Å². The molecule has 138 valence electrons. The molecule has 0 bridgehead atoms. The molecule has 0 amide bonds. The highest BCUT2D eigenvalue weighted by atomic mass is 16.5. The van der Waals surface area contributed by atoms with Crippen LogP contribution in [0.3, 0.4) is 0 Å². The largest absolute Gasteiger partial charge is 0.473 e. The Bertz CT molecular complexity index is 647. The van der Waals surface area contributed by atoms with Gasteiger partial charge in [0.1, 0.15) is 0 Å². The minimum atomic E-state index is -1.82. The zero-order valence-corrected chi connectivity index (χ0v) is 14.1. The third-order valence-electron chi connectivity index (χ3n) is 2.57. The number of aliphatic carboxylic acids is 2. The van der Waals surface area contributed by atoms with Gasteiger partial charge in [-0.05, 0) is 24.3 Å². The Hall–Kier alpha value is -3.68. The number of carbonyl (C=O) groups is 4. The Kier molecular flexibility index (Phi) is 10.9. The predicted molar refractivity (Wildman–Crippen MR) is 90.8 cm³/mol. The van der Waals surface area contributed by atoms with Gasteiger partial charge in [-0.3, -0.25) is 0 Å². The number of esters is 2. The van der Waals surface area contributed by atoms with Crippen molar-refractivity contribution in [1.29, 1.82) is 0 Å². The van der Waals surface area contributed by atoms with Crippen LogP contribution in [0.15, 0.2) is 60.7 Å².